The molecule has 2 aromatic carbocycles. The molecule has 0 aliphatic rings. The van der Waals surface area contributed by atoms with Gasteiger partial charge in [0, 0.05) is 11.5 Å². The van der Waals surface area contributed by atoms with Crippen molar-refractivity contribution in [1.29, 1.82) is 5.26 Å². The second kappa shape index (κ2) is 9.81. The molecule has 3 rings (SSSR count). The van der Waals surface area contributed by atoms with Crippen molar-refractivity contribution in [1.82, 2.24) is 4.37 Å². The van der Waals surface area contributed by atoms with E-state index < -0.39 is 0 Å². The van der Waals surface area contributed by atoms with Gasteiger partial charge in [0.15, 0.2) is 0 Å². The molecule has 0 fully saturated rings. The average Bonchev–Trinajstić information content (AvgIpc) is 3.12. The van der Waals surface area contributed by atoms with Crippen LogP contribution in [0.2, 0.25) is 0 Å². The molecule has 0 saturated heterocycles. The molecular weight excluding hydrogens is 437 g/mol. The lowest BCUT2D eigenvalue weighted by atomic mass is 9.87. The van der Waals surface area contributed by atoms with Gasteiger partial charge in [-0.05, 0) is 44.6 Å². The second-order valence-corrected chi connectivity index (χ2v) is 12.7. The van der Waals surface area contributed by atoms with E-state index in [9.17, 15) is 5.26 Å². The summed E-state index contributed by atoms with van der Waals surface area (Å²) in [5.41, 5.74) is 6.24. The number of thioether (sulfide) groups is 2. The molecule has 0 aliphatic heterocycles. The number of hydrogen-bond donors (Lipinski definition) is 0. The maximum Gasteiger partial charge on any atom is 0.129 e. The normalized spacial score (nSPS) is 12.0. The number of benzene rings is 2. The molecule has 0 spiro atoms. The molecule has 0 N–H and O–H groups in total. The van der Waals surface area contributed by atoms with E-state index >= 15 is 0 Å². The van der Waals surface area contributed by atoms with Crippen LogP contribution in [-0.2, 0) is 22.3 Å². The van der Waals surface area contributed by atoms with Crippen LogP contribution in [-0.4, -0.2) is 4.37 Å². The summed E-state index contributed by atoms with van der Waals surface area (Å²) >= 11 is 4.79. The third-order valence-corrected chi connectivity index (χ3v) is 8.45. The van der Waals surface area contributed by atoms with E-state index in [0.717, 1.165) is 26.3 Å². The Balaban J connectivity index is 1.62. The Morgan fingerprint density at radius 2 is 1.23 bits per heavy atom. The first-order valence-electron chi connectivity index (χ1n) is 10.4. The molecule has 0 amide bonds. The largest absolute Gasteiger partial charge is 0.192 e. The first-order valence-corrected chi connectivity index (χ1v) is 13.2. The van der Waals surface area contributed by atoms with Crippen molar-refractivity contribution in [3.05, 3.63) is 76.3 Å². The zero-order valence-electron chi connectivity index (χ0n) is 19.2. The van der Waals surface area contributed by atoms with Gasteiger partial charge in [0.05, 0.1) is 4.21 Å². The highest BCUT2D eigenvalue weighted by molar-refractivity contribution is 8.00. The molecule has 1 aromatic heterocycles. The van der Waals surface area contributed by atoms with E-state index in [-0.39, 0.29) is 10.8 Å². The molecule has 3 aromatic rings. The monoisotopic (exact) mass is 466 g/mol. The Kier molecular flexibility index (Phi) is 7.57. The van der Waals surface area contributed by atoms with Crippen molar-refractivity contribution in [3.63, 3.8) is 0 Å². The predicted molar refractivity (Wildman–Crippen MR) is 136 cm³/mol. The van der Waals surface area contributed by atoms with Gasteiger partial charge in [-0.1, -0.05) is 102 Å². The third kappa shape index (κ3) is 6.38. The van der Waals surface area contributed by atoms with Gasteiger partial charge in [0.2, 0.25) is 0 Å². The van der Waals surface area contributed by atoms with Crippen molar-refractivity contribution >= 4 is 35.1 Å². The lowest BCUT2D eigenvalue weighted by Crippen LogP contribution is -2.10. The van der Waals surface area contributed by atoms with Crippen molar-refractivity contribution < 1.29 is 0 Å². The molecule has 0 radical (unpaired) electrons. The van der Waals surface area contributed by atoms with E-state index in [2.05, 4.69) is 101 Å². The molecule has 0 unspecified atom stereocenters. The summed E-state index contributed by atoms with van der Waals surface area (Å²) in [7, 11) is 0. The SMILES string of the molecule is CC(C)(C)c1ccc(CSc2nsc(SCc3ccc(C(C)(C)C)cc3)c2C#N)cc1. The van der Waals surface area contributed by atoms with E-state index in [1.54, 1.807) is 23.5 Å². The summed E-state index contributed by atoms with van der Waals surface area (Å²) < 4.78 is 5.59. The topological polar surface area (TPSA) is 36.7 Å². The zero-order valence-corrected chi connectivity index (χ0v) is 21.6. The molecule has 2 nitrogen and oxygen atoms in total. The summed E-state index contributed by atoms with van der Waals surface area (Å²) in [4.78, 5) is 0. The number of nitrogens with zero attached hydrogens (tertiary/aromatic N) is 2. The van der Waals surface area contributed by atoms with E-state index in [1.165, 1.54) is 33.8 Å². The number of hydrogen-bond acceptors (Lipinski definition) is 5. The molecular formula is C26H30N2S3. The standard InChI is InChI=1S/C26H30N2S3/c1-25(2,3)20-11-7-18(8-12-20)16-29-23-22(15-27)24(31-28-23)30-17-19-9-13-21(14-10-19)26(4,5)6/h7-14H,16-17H2,1-6H3. The van der Waals surface area contributed by atoms with Gasteiger partial charge in [-0.25, -0.2) is 0 Å². The smallest absolute Gasteiger partial charge is 0.129 e. The molecule has 162 valence electrons. The van der Waals surface area contributed by atoms with Gasteiger partial charge in [-0.15, -0.1) is 11.8 Å². The van der Waals surface area contributed by atoms with Gasteiger partial charge in [0.1, 0.15) is 16.7 Å². The third-order valence-electron chi connectivity index (χ3n) is 5.13. The van der Waals surface area contributed by atoms with E-state index in [4.69, 9.17) is 0 Å². The summed E-state index contributed by atoms with van der Waals surface area (Å²) in [5, 5.41) is 10.6. The van der Waals surface area contributed by atoms with Crippen LogP contribution in [0.25, 0.3) is 0 Å². The first-order chi connectivity index (χ1) is 14.6. The quantitative estimate of drug-likeness (QED) is 0.343. The maximum atomic E-state index is 9.72. The summed E-state index contributed by atoms with van der Waals surface area (Å²) in [6, 6.07) is 20.0. The van der Waals surface area contributed by atoms with Crippen LogP contribution < -0.4 is 0 Å². The molecule has 0 aliphatic carbocycles. The minimum atomic E-state index is 0.160. The van der Waals surface area contributed by atoms with Crippen LogP contribution in [0.5, 0.6) is 0 Å². The highest BCUT2D eigenvalue weighted by Crippen LogP contribution is 2.37. The Hall–Kier alpha value is -1.74. The van der Waals surface area contributed by atoms with Crippen molar-refractivity contribution in [2.45, 2.75) is 73.1 Å². The Labute approximate surface area is 199 Å². The summed E-state index contributed by atoms with van der Waals surface area (Å²) in [6.45, 7) is 13.4. The number of aromatic nitrogens is 1. The molecule has 0 bridgehead atoms. The van der Waals surface area contributed by atoms with Crippen LogP contribution in [0.3, 0.4) is 0 Å². The molecule has 0 saturated carbocycles. The van der Waals surface area contributed by atoms with Crippen LogP contribution >= 0.6 is 35.1 Å². The average molecular weight is 467 g/mol. The summed E-state index contributed by atoms with van der Waals surface area (Å²) in [6.07, 6.45) is 0. The van der Waals surface area contributed by atoms with Gasteiger partial charge < -0.3 is 0 Å². The van der Waals surface area contributed by atoms with Gasteiger partial charge in [-0.3, -0.25) is 0 Å². The van der Waals surface area contributed by atoms with Crippen LogP contribution in [0.1, 0.15) is 69.4 Å². The molecule has 0 atom stereocenters. The highest BCUT2D eigenvalue weighted by Gasteiger charge is 2.17. The van der Waals surface area contributed by atoms with Crippen LogP contribution in [0.15, 0.2) is 57.8 Å². The fourth-order valence-corrected chi connectivity index (χ4v) is 6.06. The van der Waals surface area contributed by atoms with Crippen molar-refractivity contribution in [2.24, 2.45) is 0 Å². The molecule has 5 heteroatoms. The predicted octanol–water partition coefficient (Wildman–Crippen LogP) is 8.19. The van der Waals surface area contributed by atoms with Crippen LogP contribution in [0, 0.1) is 11.3 Å². The zero-order chi connectivity index (χ0) is 22.6. The lowest BCUT2D eigenvalue weighted by molar-refractivity contribution is 0.590. The van der Waals surface area contributed by atoms with Gasteiger partial charge in [-0.2, -0.15) is 9.64 Å². The van der Waals surface area contributed by atoms with Gasteiger partial charge >= 0.3 is 0 Å². The van der Waals surface area contributed by atoms with Crippen LogP contribution in [0.4, 0.5) is 0 Å². The minimum absolute atomic E-state index is 0.160. The number of nitriles is 1. The maximum absolute atomic E-state index is 9.72. The Bertz CT molecular complexity index is 966. The molecule has 31 heavy (non-hydrogen) atoms. The second-order valence-electron chi connectivity index (χ2n) is 9.73. The summed E-state index contributed by atoms with van der Waals surface area (Å²) in [5.74, 6) is 1.67. The Morgan fingerprint density at radius 1 is 0.774 bits per heavy atom. The highest BCUT2D eigenvalue weighted by atomic mass is 32.2. The van der Waals surface area contributed by atoms with E-state index in [1.807, 2.05) is 0 Å². The van der Waals surface area contributed by atoms with Gasteiger partial charge in [0.25, 0.3) is 0 Å². The fourth-order valence-electron chi connectivity index (χ4n) is 3.05. The van der Waals surface area contributed by atoms with Crippen molar-refractivity contribution in [2.75, 3.05) is 0 Å². The van der Waals surface area contributed by atoms with E-state index in [0.29, 0.717) is 0 Å². The first kappa shape index (κ1) is 23.9. The van der Waals surface area contributed by atoms with Crippen molar-refractivity contribution in [3.8, 4) is 6.07 Å². The fraction of sp³-hybridized carbons (Fsp3) is 0.385. The molecule has 1 heterocycles. The Morgan fingerprint density at radius 3 is 1.65 bits per heavy atom. The lowest BCUT2D eigenvalue weighted by Gasteiger charge is -2.19. The minimum Gasteiger partial charge on any atom is -0.192 e. The number of rotatable bonds is 6.